The van der Waals surface area contributed by atoms with E-state index in [1.807, 2.05) is 13.8 Å². The number of hydrogen-bond acceptors (Lipinski definition) is 5. The Morgan fingerprint density at radius 3 is 2.74 bits per heavy atom. The Morgan fingerprint density at radius 1 is 1.42 bits per heavy atom. The van der Waals surface area contributed by atoms with E-state index in [9.17, 15) is 8.42 Å². The van der Waals surface area contributed by atoms with Crippen molar-refractivity contribution in [3.05, 3.63) is 30.7 Å². The molecule has 0 aromatic carbocycles. The van der Waals surface area contributed by atoms with Gasteiger partial charge in [0.25, 0.3) is 10.0 Å². The molecule has 102 valence electrons. The predicted octanol–water partition coefficient (Wildman–Crippen LogP) is 1.24. The quantitative estimate of drug-likeness (QED) is 0.877. The van der Waals surface area contributed by atoms with Gasteiger partial charge in [0.15, 0.2) is 0 Å². The molecular formula is C11H15N5O2S. The zero-order chi connectivity index (χ0) is 14.0. The van der Waals surface area contributed by atoms with Crippen molar-refractivity contribution in [3.63, 3.8) is 0 Å². The van der Waals surface area contributed by atoms with Crippen LogP contribution in [-0.2, 0) is 10.0 Å². The summed E-state index contributed by atoms with van der Waals surface area (Å²) in [6.45, 7) is 3.91. The van der Waals surface area contributed by atoms with Crippen molar-refractivity contribution in [3.8, 4) is 0 Å². The van der Waals surface area contributed by atoms with Crippen LogP contribution in [0.1, 0.15) is 19.9 Å². The van der Waals surface area contributed by atoms with Crippen LogP contribution in [0.3, 0.4) is 0 Å². The Kier molecular flexibility index (Phi) is 3.43. The lowest BCUT2D eigenvalue weighted by Crippen LogP contribution is -2.13. The van der Waals surface area contributed by atoms with Crippen molar-refractivity contribution in [1.82, 2.24) is 14.8 Å². The van der Waals surface area contributed by atoms with Gasteiger partial charge in [-0.2, -0.15) is 5.10 Å². The highest BCUT2D eigenvalue weighted by Crippen LogP contribution is 2.17. The Labute approximate surface area is 111 Å². The molecule has 7 nitrogen and oxygen atoms in total. The molecular weight excluding hydrogens is 266 g/mol. The van der Waals surface area contributed by atoms with Crippen LogP contribution in [-0.4, -0.2) is 23.2 Å². The summed E-state index contributed by atoms with van der Waals surface area (Å²) in [6, 6.07) is 2.84. The zero-order valence-corrected chi connectivity index (χ0v) is 11.4. The third kappa shape index (κ3) is 3.02. The van der Waals surface area contributed by atoms with Gasteiger partial charge >= 0.3 is 0 Å². The van der Waals surface area contributed by atoms with E-state index >= 15 is 0 Å². The fourth-order valence-electron chi connectivity index (χ4n) is 1.48. The third-order valence-corrected chi connectivity index (χ3v) is 3.82. The number of nitrogens with two attached hydrogens (primary N) is 1. The summed E-state index contributed by atoms with van der Waals surface area (Å²) in [6.07, 6.45) is 4.44. The van der Waals surface area contributed by atoms with Crippen LogP contribution in [0.4, 0.5) is 11.5 Å². The number of anilines is 2. The molecule has 0 aliphatic rings. The Morgan fingerprint density at radius 2 is 2.16 bits per heavy atom. The van der Waals surface area contributed by atoms with Crippen molar-refractivity contribution >= 4 is 21.5 Å². The summed E-state index contributed by atoms with van der Waals surface area (Å²) in [7, 11) is -3.67. The van der Waals surface area contributed by atoms with Crippen molar-refractivity contribution in [1.29, 1.82) is 0 Å². The molecule has 0 fully saturated rings. The summed E-state index contributed by atoms with van der Waals surface area (Å²) < 4.78 is 28.3. The van der Waals surface area contributed by atoms with Crippen LogP contribution in [0, 0.1) is 0 Å². The van der Waals surface area contributed by atoms with Crippen LogP contribution in [0.25, 0.3) is 0 Å². The second kappa shape index (κ2) is 4.88. The van der Waals surface area contributed by atoms with E-state index in [-0.39, 0.29) is 16.8 Å². The molecule has 2 rings (SSSR count). The van der Waals surface area contributed by atoms with Crippen LogP contribution in [0.15, 0.2) is 35.6 Å². The molecule has 0 saturated carbocycles. The monoisotopic (exact) mass is 281 g/mol. The molecule has 0 radical (unpaired) electrons. The minimum absolute atomic E-state index is 0.0669. The van der Waals surface area contributed by atoms with E-state index in [0.717, 1.165) is 0 Å². The van der Waals surface area contributed by atoms with Gasteiger partial charge in [0, 0.05) is 24.5 Å². The Balaban J connectivity index is 2.26. The van der Waals surface area contributed by atoms with Gasteiger partial charge in [-0.05, 0) is 19.9 Å². The number of nitrogens with zero attached hydrogens (tertiary/aromatic N) is 3. The summed E-state index contributed by atoms with van der Waals surface area (Å²) in [5.41, 5.74) is 5.88. The first-order valence-corrected chi connectivity index (χ1v) is 7.15. The molecule has 8 heteroatoms. The van der Waals surface area contributed by atoms with E-state index in [0.29, 0.717) is 5.69 Å². The van der Waals surface area contributed by atoms with Gasteiger partial charge < -0.3 is 5.73 Å². The minimum atomic E-state index is -3.67. The van der Waals surface area contributed by atoms with Crippen LogP contribution < -0.4 is 10.5 Å². The molecule has 0 spiro atoms. The Bertz CT molecular complexity index is 678. The molecule has 0 aliphatic carbocycles. The van der Waals surface area contributed by atoms with E-state index in [2.05, 4.69) is 14.8 Å². The third-order valence-electron chi connectivity index (χ3n) is 2.45. The number of nitrogen functional groups attached to an aromatic ring is 1. The highest BCUT2D eigenvalue weighted by atomic mass is 32.2. The maximum atomic E-state index is 12.1. The highest BCUT2D eigenvalue weighted by Gasteiger charge is 2.15. The molecule has 2 aromatic rings. The first-order chi connectivity index (χ1) is 8.88. The van der Waals surface area contributed by atoms with Gasteiger partial charge in [-0.3, -0.25) is 9.40 Å². The van der Waals surface area contributed by atoms with Gasteiger partial charge in [-0.15, -0.1) is 0 Å². The van der Waals surface area contributed by atoms with E-state index < -0.39 is 10.0 Å². The molecule has 0 unspecified atom stereocenters. The maximum absolute atomic E-state index is 12.1. The fraction of sp³-hybridized carbons (Fsp3) is 0.273. The zero-order valence-electron chi connectivity index (χ0n) is 10.6. The lowest BCUT2D eigenvalue weighted by Gasteiger charge is -2.06. The van der Waals surface area contributed by atoms with Crippen molar-refractivity contribution in [2.75, 3.05) is 10.5 Å². The lowest BCUT2D eigenvalue weighted by atomic mass is 10.4. The van der Waals surface area contributed by atoms with Gasteiger partial charge in [0.05, 0.1) is 16.8 Å². The van der Waals surface area contributed by atoms with Gasteiger partial charge in [-0.1, -0.05) is 0 Å². The first kappa shape index (κ1) is 13.3. The maximum Gasteiger partial charge on any atom is 0.262 e. The molecule has 0 atom stereocenters. The van der Waals surface area contributed by atoms with Crippen molar-refractivity contribution < 1.29 is 8.42 Å². The van der Waals surface area contributed by atoms with Gasteiger partial charge in [0.2, 0.25) is 0 Å². The molecule has 0 bridgehead atoms. The van der Waals surface area contributed by atoms with E-state index in [1.165, 1.54) is 24.5 Å². The van der Waals surface area contributed by atoms with Gasteiger partial charge in [-0.25, -0.2) is 13.4 Å². The summed E-state index contributed by atoms with van der Waals surface area (Å²) in [4.78, 5) is 3.82. The number of nitrogens with one attached hydrogen (secondary N) is 1. The van der Waals surface area contributed by atoms with E-state index in [1.54, 1.807) is 10.9 Å². The first-order valence-electron chi connectivity index (χ1n) is 5.67. The largest absolute Gasteiger partial charge is 0.384 e. The van der Waals surface area contributed by atoms with Crippen molar-refractivity contribution in [2.45, 2.75) is 24.8 Å². The molecule has 0 amide bonds. The number of sulfonamides is 1. The molecule has 0 aliphatic heterocycles. The number of pyridine rings is 1. The Hall–Kier alpha value is -2.09. The fourth-order valence-corrected chi connectivity index (χ4v) is 2.53. The summed E-state index contributed by atoms with van der Waals surface area (Å²) >= 11 is 0. The van der Waals surface area contributed by atoms with Crippen LogP contribution in [0.5, 0.6) is 0 Å². The second-order valence-corrected chi connectivity index (χ2v) is 6.01. The summed E-state index contributed by atoms with van der Waals surface area (Å²) in [5, 5.41) is 4.06. The minimum Gasteiger partial charge on any atom is -0.384 e. The normalized spacial score (nSPS) is 11.7. The average molecular weight is 281 g/mol. The van der Waals surface area contributed by atoms with Crippen molar-refractivity contribution in [2.24, 2.45) is 0 Å². The van der Waals surface area contributed by atoms with Crippen LogP contribution in [0.2, 0.25) is 0 Å². The topological polar surface area (TPSA) is 103 Å². The second-order valence-electron chi connectivity index (χ2n) is 4.32. The number of aromatic nitrogens is 3. The predicted molar refractivity (Wildman–Crippen MR) is 72.1 cm³/mol. The van der Waals surface area contributed by atoms with Gasteiger partial charge in [0.1, 0.15) is 5.82 Å². The smallest absolute Gasteiger partial charge is 0.262 e. The lowest BCUT2D eigenvalue weighted by molar-refractivity contribution is 0.532. The average Bonchev–Trinajstić information content (AvgIpc) is 2.77. The number of rotatable bonds is 4. The molecule has 19 heavy (non-hydrogen) atoms. The number of hydrogen-bond donors (Lipinski definition) is 2. The molecule has 0 saturated heterocycles. The highest BCUT2D eigenvalue weighted by molar-refractivity contribution is 7.92. The molecule has 3 N–H and O–H groups in total. The molecule has 2 heterocycles. The van der Waals surface area contributed by atoms with Crippen LogP contribution >= 0.6 is 0 Å². The molecule has 2 aromatic heterocycles. The standard InChI is InChI=1S/C11H15N5O2S/c1-8(2)16-7-9(6-14-16)15-19(17,18)10-3-4-13-11(12)5-10/h3-8,15H,1-2H3,(H2,12,13). The SMILES string of the molecule is CC(C)n1cc(NS(=O)(=O)c2ccnc(N)c2)cn1. The van der Waals surface area contributed by atoms with E-state index in [4.69, 9.17) is 5.73 Å². The summed E-state index contributed by atoms with van der Waals surface area (Å²) in [5.74, 6) is 0.153.